The summed E-state index contributed by atoms with van der Waals surface area (Å²) in [5.41, 5.74) is 2.99. The summed E-state index contributed by atoms with van der Waals surface area (Å²) in [4.78, 5) is 21.1. The molecule has 0 spiro atoms. The molecule has 0 fully saturated rings. The highest BCUT2D eigenvalue weighted by molar-refractivity contribution is 6.03. The molecule has 0 aliphatic heterocycles. The topological polar surface area (TPSA) is 76.1 Å². The van der Waals surface area contributed by atoms with E-state index >= 15 is 0 Å². The normalized spacial score (nSPS) is 10.3. The molecular weight excluding hydrogens is 340 g/mol. The molecule has 0 saturated heterocycles. The van der Waals surface area contributed by atoms with Crippen LogP contribution in [0.5, 0.6) is 5.75 Å². The monoisotopic (exact) mass is 362 g/mol. The Morgan fingerprint density at radius 1 is 1.04 bits per heavy atom. The smallest absolute Gasteiger partial charge is 0.274 e. The Balaban J connectivity index is 1.73. The van der Waals surface area contributed by atoms with Crippen molar-refractivity contribution in [1.29, 1.82) is 0 Å². The van der Waals surface area contributed by atoms with Crippen LogP contribution < -0.4 is 15.4 Å². The Labute approximate surface area is 158 Å². The Bertz CT molecular complexity index is 910. The number of para-hydroxylation sites is 2. The van der Waals surface area contributed by atoms with Gasteiger partial charge in [-0.1, -0.05) is 31.2 Å². The molecule has 138 valence electrons. The van der Waals surface area contributed by atoms with Gasteiger partial charge in [0.05, 0.1) is 12.3 Å². The molecule has 6 nitrogen and oxygen atoms in total. The van der Waals surface area contributed by atoms with Crippen molar-refractivity contribution in [2.24, 2.45) is 0 Å². The molecule has 0 radical (unpaired) electrons. The van der Waals surface area contributed by atoms with Gasteiger partial charge in [0.2, 0.25) is 5.95 Å². The predicted octanol–water partition coefficient (Wildman–Crippen LogP) is 4.43. The van der Waals surface area contributed by atoms with Gasteiger partial charge in [-0.3, -0.25) is 4.79 Å². The summed E-state index contributed by atoms with van der Waals surface area (Å²) in [5, 5.41) is 5.95. The third kappa shape index (κ3) is 4.82. The van der Waals surface area contributed by atoms with Crippen LogP contribution in [0.1, 0.15) is 29.9 Å². The summed E-state index contributed by atoms with van der Waals surface area (Å²) in [5.74, 6) is 0.663. The van der Waals surface area contributed by atoms with Gasteiger partial charge in [0.25, 0.3) is 5.91 Å². The van der Waals surface area contributed by atoms with Crippen LogP contribution in [0.4, 0.5) is 17.3 Å². The second-order valence-electron chi connectivity index (χ2n) is 5.82. The molecule has 0 bridgehead atoms. The zero-order valence-corrected chi connectivity index (χ0v) is 15.4. The summed E-state index contributed by atoms with van der Waals surface area (Å²) in [6, 6.07) is 16.9. The number of aromatic nitrogens is 2. The number of benzene rings is 2. The Hall–Kier alpha value is -3.41. The van der Waals surface area contributed by atoms with Gasteiger partial charge in [0.15, 0.2) is 0 Å². The fourth-order valence-electron chi connectivity index (χ4n) is 2.54. The Morgan fingerprint density at radius 3 is 2.56 bits per heavy atom. The molecule has 3 rings (SSSR count). The fourth-order valence-corrected chi connectivity index (χ4v) is 2.54. The van der Waals surface area contributed by atoms with Crippen LogP contribution in [-0.2, 0) is 6.42 Å². The largest absolute Gasteiger partial charge is 0.492 e. The molecule has 6 heteroatoms. The van der Waals surface area contributed by atoms with Crippen molar-refractivity contribution in [2.45, 2.75) is 20.3 Å². The van der Waals surface area contributed by atoms with E-state index in [-0.39, 0.29) is 11.6 Å². The van der Waals surface area contributed by atoms with E-state index in [0.29, 0.717) is 24.0 Å². The minimum Gasteiger partial charge on any atom is -0.492 e. The molecule has 2 aromatic carbocycles. The predicted molar refractivity (Wildman–Crippen MR) is 107 cm³/mol. The number of anilines is 3. The summed E-state index contributed by atoms with van der Waals surface area (Å²) in [6.07, 6.45) is 2.54. The third-order valence-corrected chi connectivity index (χ3v) is 3.94. The first-order valence-corrected chi connectivity index (χ1v) is 8.91. The van der Waals surface area contributed by atoms with E-state index < -0.39 is 0 Å². The number of amides is 1. The van der Waals surface area contributed by atoms with E-state index in [1.807, 2.05) is 49.4 Å². The van der Waals surface area contributed by atoms with E-state index in [1.165, 1.54) is 5.56 Å². The molecule has 27 heavy (non-hydrogen) atoms. The van der Waals surface area contributed by atoms with E-state index in [2.05, 4.69) is 27.5 Å². The number of ether oxygens (including phenoxy) is 1. The van der Waals surface area contributed by atoms with Crippen LogP contribution in [0.15, 0.2) is 60.8 Å². The zero-order valence-electron chi connectivity index (χ0n) is 15.4. The maximum atomic E-state index is 12.6. The van der Waals surface area contributed by atoms with Crippen LogP contribution in [0.3, 0.4) is 0 Å². The van der Waals surface area contributed by atoms with Gasteiger partial charge >= 0.3 is 0 Å². The lowest BCUT2D eigenvalue weighted by atomic mass is 10.1. The molecule has 0 atom stereocenters. The minimum atomic E-state index is -0.325. The summed E-state index contributed by atoms with van der Waals surface area (Å²) in [7, 11) is 0. The van der Waals surface area contributed by atoms with Crippen LogP contribution in [0.2, 0.25) is 0 Å². The van der Waals surface area contributed by atoms with Crippen LogP contribution in [-0.4, -0.2) is 22.5 Å². The van der Waals surface area contributed by atoms with Gasteiger partial charge in [-0.2, -0.15) is 0 Å². The maximum Gasteiger partial charge on any atom is 0.274 e. The zero-order chi connectivity index (χ0) is 19.1. The fraction of sp³-hybridized carbons (Fsp3) is 0.190. The Kier molecular flexibility index (Phi) is 5.99. The van der Waals surface area contributed by atoms with Crippen molar-refractivity contribution in [1.82, 2.24) is 9.97 Å². The first-order chi connectivity index (χ1) is 13.2. The molecule has 0 aliphatic rings. The molecule has 1 aromatic heterocycles. The van der Waals surface area contributed by atoms with Crippen LogP contribution in [0, 0.1) is 0 Å². The molecule has 1 heterocycles. The lowest BCUT2D eigenvalue weighted by Crippen LogP contribution is -2.15. The number of aryl methyl sites for hydroxylation is 1. The highest BCUT2D eigenvalue weighted by Gasteiger charge is 2.12. The first-order valence-electron chi connectivity index (χ1n) is 8.91. The van der Waals surface area contributed by atoms with Crippen molar-refractivity contribution >= 4 is 23.2 Å². The molecule has 0 unspecified atom stereocenters. The lowest BCUT2D eigenvalue weighted by Gasteiger charge is -2.11. The van der Waals surface area contributed by atoms with Crippen LogP contribution in [0.25, 0.3) is 0 Å². The number of rotatable bonds is 7. The van der Waals surface area contributed by atoms with Gasteiger partial charge in [0, 0.05) is 11.9 Å². The van der Waals surface area contributed by atoms with Crippen molar-refractivity contribution in [3.63, 3.8) is 0 Å². The number of carbonyl (C=O) groups is 1. The SMILES string of the molecule is CCOc1ccccc1NC(=O)c1ccnc(Nc2ccc(CC)cc2)n1. The van der Waals surface area contributed by atoms with Crippen molar-refractivity contribution in [3.05, 3.63) is 72.1 Å². The van der Waals surface area contributed by atoms with E-state index in [0.717, 1.165) is 12.1 Å². The number of hydrogen-bond acceptors (Lipinski definition) is 5. The van der Waals surface area contributed by atoms with Gasteiger partial charge in [0.1, 0.15) is 11.4 Å². The number of carbonyl (C=O) groups excluding carboxylic acids is 1. The molecule has 0 aliphatic carbocycles. The second-order valence-corrected chi connectivity index (χ2v) is 5.82. The molecular formula is C21H22N4O2. The van der Waals surface area contributed by atoms with E-state index in [4.69, 9.17) is 4.74 Å². The molecule has 1 amide bonds. The second kappa shape index (κ2) is 8.80. The minimum absolute atomic E-state index is 0.268. The number of nitrogens with one attached hydrogen (secondary N) is 2. The lowest BCUT2D eigenvalue weighted by molar-refractivity contribution is 0.102. The van der Waals surface area contributed by atoms with E-state index in [1.54, 1.807) is 18.3 Å². The highest BCUT2D eigenvalue weighted by atomic mass is 16.5. The average molecular weight is 362 g/mol. The first kappa shape index (κ1) is 18.4. The van der Waals surface area contributed by atoms with Gasteiger partial charge in [-0.05, 0) is 49.2 Å². The quantitative estimate of drug-likeness (QED) is 0.650. The molecule has 0 saturated carbocycles. The summed E-state index contributed by atoms with van der Waals surface area (Å²) in [6.45, 7) is 4.52. The van der Waals surface area contributed by atoms with Crippen LogP contribution >= 0.6 is 0 Å². The summed E-state index contributed by atoms with van der Waals surface area (Å²) >= 11 is 0. The number of hydrogen-bond donors (Lipinski definition) is 2. The van der Waals surface area contributed by atoms with Gasteiger partial charge < -0.3 is 15.4 Å². The van der Waals surface area contributed by atoms with E-state index in [9.17, 15) is 4.79 Å². The third-order valence-electron chi connectivity index (χ3n) is 3.94. The number of nitrogens with zero attached hydrogens (tertiary/aromatic N) is 2. The van der Waals surface area contributed by atoms with Crippen molar-refractivity contribution in [2.75, 3.05) is 17.2 Å². The summed E-state index contributed by atoms with van der Waals surface area (Å²) < 4.78 is 5.54. The standard InChI is InChI=1S/C21H22N4O2/c1-3-15-9-11-16(12-10-15)23-21-22-14-13-18(25-21)20(26)24-17-7-5-6-8-19(17)27-4-2/h5-14H,3-4H2,1-2H3,(H,24,26)(H,22,23,25). The molecule has 3 aromatic rings. The molecule has 2 N–H and O–H groups in total. The van der Waals surface area contributed by atoms with Crippen molar-refractivity contribution < 1.29 is 9.53 Å². The van der Waals surface area contributed by atoms with Gasteiger partial charge in [-0.25, -0.2) is 9.97 Å². The van der Waals surface area contributed by atoms with Crippen molar-refractivity contribution in [3.8, 4) is 5.75 Å². The highest BCUT2D eigenvalue weighted by Crippen LogP contribution is 2.24. The maximum absolute atomic E-state index is 12.6. The Morgan fingerprint density at radius 2 is 1.81 bits per heavy atom. The average Bonchev–Trinajstić information content (AvgIpc) is 2.70. The van der Waals surface area contributed by atoms with Gasteiger partial charge in [-0.15, -0.1) is 0 Å².